The van der Waals surface area contributed by atoms with Crippen LogP contribution < -0.4 is 10.1 Å². The highest BCUT2D eigenvalue weighted by Crippen LogP contribution is 2.59. The molecule has 36 heavy (non-hydrogen) atoms. The number of esters is 1. The molecule has 1 spiro atoms. The van der Waals surface area contributed by atoms with Crippen LogP contribution in [0, 0.1) is 5.92 Å². The van der Waals surface area contributed by atoms with Crippen LogP contribution in [0.2, 0.25) is 0 Å². The number of hydrogen-bond acceptors (Lipinski definition) is 8. The van der Waals surface area contributed by atoms with Crippen molar-refractivity contribution in [3.63, 3.8) is 0 Å². The summed E-state index contributed by atoms with van der Waals surface area (Å²) in [5, 5.41) is 3.15. The van der Waals surface area contributed by atoms with Crippen LogP contribution >= 0.6 is 0 Å². The lowest BCUT2D eigenvalue weighted by Crippen LogP contribution is -2.55. The van der Waals surface area contributed by atoms with Crippen molar-refractivity contribution in [1.82, 2.24) is 4.90 Å². The smallest absolute Gasteiger partial charge is 0.325 e. The number of ether oxygens (including phenoxy) is 5. The lowest BCUT2D eigenvalue weighted by Gasteiger charge is -2.42. The molecule has 6 unspecified atom stereocenters. The third-order valence-electron chi connectivity index (χ3n) is 7.62. The molecule has 200 valence electrons. The van der Waals surface area contributed by atoms with Crippen molar-refractivity contribution < 1.29 is 28.5 Å². The second-order valence-corrected chi connectivity index (χ2v) is 10.9. The lowest BCUT2D eigenvalue weighted by atomic mass is 9.68. The molecule has 1 N–H and O–H groups in total. The largest absolute Gasteiger partial charge is 0.492 e. The van der Waals surface area contributed by atoms with Crippen molar-refractivity contribution in [2.75, 3.05) is 52.8 Å². The zero-order valence-electron chi connectivity index (χ0n) is 22.5. The zero-order valence-corrected chi connectivity index (χ0v) is 22.5. The summed E-state index contributed by atoms with van der Waals surface area (Å²) >= 11 is 0. The highest BCUT2D eigenvalue weighted by molar-refractivity contribution is 5.75. The van der Waals surface area contributed by atoms with Crippen LogP contribution in [-0.4, -0.2) is 87.9 Å². The SMILES string of the molecule is COC1C(OC(=O)CNc2ccc(OCCN(C)C)cc2)CCC2(CO2)C1C1(C)OC1CC=C(C)C. The van der Waals surface area contributed by atoms with Gasteiger partial charge in [0.1, 0.15) is 42.3 Å². The number of nitrogens with one attached hydrogen (secondary N) is 1. The van der Waals surface area contributed by atoms with E-state index >= 15 is 0 Å². The fraction of sp³-hybridized carbons (Fsp3) is 0.679. The van der Waals surface area contributed by atoms with Crippen molar-refractivity contribution in [3.05, 3.63) is 35.9 Å². The Morgan fingerprint density at radius 1 is 1.25 bits per heavy atom. The quantitative estimate of drug-likeness (QED) is 0.263. The first-order valence-electron chi connectivity index (χ1n) is 13.0. The normalized spacial score (nSPS) is 32.8. The molecule has 3 fully saturated rings. The van der Waals surface area contributed by atoms with Crippen molar-refractivity contribution in [1.29, 1.82) is 0 Å². The Hall–Kier alpha value is -2.13. The van der Waals surface area contributed by atoms with E-state index in [-0.39, 0.29) is 47.9 Å². The van der Waals surface area contributed by atoms with Gasteiger partial charge in [0, 0.05) is 19.3 Å². The van der Waals surface area contributed by atoms with E-state index in [4.69, 9.17) is 23.7 Å². The van der Waals surface area contributed by atoms with Gasteiger partial charge in [-0.05, 0) is 78.4 Å². The number of allylic oxidation sites excluding steroid dienone is 1. The number of epoxide rings is 2. The van der Waals surface area contributed by atoms with Gasteiger partial charge in [-0.3, -0.25) is 4.79 Å². The van der Waals surface area contributed by atoms with Crippen LogP contribution in [-0.2, 0) is 23.7 Å². The van der Waals surface area contributed by atoms with Crippen molar-refractivity contribution in [3.8, 4) is 5.75 Å². The molecule has 6 atom stereocenters. The first-order valence-corrected chi connectivity index (χ1v) is 13.0. The minimum atomic E-state index is -0.344. The number of nitrogens with zero attached hydrogens (tertiary/aromatic N) is 1. The van der Waals surface area contributed by atoms with Crippen LogP contribution in [0.4, 0.5) is 5.69 Å². The average Bonchev–Trinajstić information content (AvgIpc) is 3.75. The Morgan fingerprint density at radius 2 is 1.97 bits per heavy atom. The number of likely N-dealkylation sites (N-methyl/N-ethyl adjacent to an activating group) is 1. The Balaban J connectivity index is 1.31. The molecule has 4 rings (SSSR count). The molecule has 1 aromatic rings. The highest BCUT2D eigenvalue weighted by Gasteiger charge is 2.72. The summed E-state index contributed by atoms with van der Waals surface area (Å²) in [5.41, 5.74) is 1.54. The number of carbonyl (C=O) groups excluding carboxylic acids is 1. The van der Waals surface area contributed by atoms with Gasteiger partial charge in [0.05, 0.1) is 18.6 Å². The Bertz CT molecular complexity index is 924. The number of hydrogen-bond donors (Lipinski definition) is 1. The molecule has 1 aliphatic carbocycles. The van der Waals surface area contributed by atoms with E-state index in [1.807, 2.05) is 38.4 Å². The van der Waals surface area contributed by atoms with Gasteiger partial charge in [-0.1, -0.05) is 11.6 Å². The summed E-state index contributed by atoms with van der Waals surface area (Å²) in [6.07, 6.45) is 4.16. The van der Waals surface area contributed by atoms with Crippen LogP contribution in [0.1, 0.15) is 40.0 Å². The van der Waals surface area contributed by atoms with Crippen LogP contribution in [0.3, 0.4) is 0 Å². The van der Waals surface area contributed by atoms with Gasteiger partial charge in [0.15, 0.2) is 0 Å². The van der Waals surface area contributed by atoms with Crippen LogP contribution in [0.5, 0.6) is 5.75 Å². The van der Waals surface area contributed by atoms with Gasteiger partial charge in [0.25, 0.3) is 0 Å². The minimum Gasteiger partial charge on any atom is -0.492 e. The monoisotopic (exact) mass is 502 g/mol. The molecule has 2 aliphatic heterocycles. The number of methoxy groups -OCH3 is 1. The van der Waals surface area contributed by atoms with Gasteiger partial charge >= 0.3 is 5.97 Å². The number of rotatable bonds is 12. The predicted octanol–water partition coefficient (Wildman–Crippen LogP) is 3.66. The molecule has 0 radical (unpaired) electrons. The van der Waals surface area contributed by atoms with Gasteiger partial charge in [-0.25, -0.2) is 0 Å². The van der Waals surface area contributed by atoms with E-state index in [2.05, 4.69) is 37.1 Å². The van der Waals surface area contributed by atoms with Crippen LogP contribution in [0.15, 0.2) is 35.9 Å². The molecular formula is C28H42N2O6. The second kappa shape index (κ2) is 11.1. The molecular weight excluding hydrogens is 460 g/mol. The zero-order chi connectivity index (χ0) is 25.9. The Morgan fingerprint density at radius 3 is 2.58 bits per heavy atom. The summed E-state index contributed by atoms with van der Waals surface area (Å²) in [4.78, 5) is 14.8. The maximum atomic E-state index is 12.8. The minimum absolute atomic E-state index is 0.0186. The lowest BCUT2D eigenvalue weighted by molar-refractivity contribution is -0.170. The van der Waals surface area contributed by atoms with Crippen LogP contribution in [0.25, 0.3) is 0 Å². The summed E-state index contributed by atoms with van der Waals surface area (Å²) in [7, 11) is 5.72. The van der Waals surface area contributed by atoms with E-state index in [9.17, 15) is 4.79 Å². The molecule has 0 aromatic heterocycles. The summed E-state index contributed by atoms with van der Waals surface area (Å²) in [6.45, 7) is 8.62. The number of carbonyl (C=O) groups is 1. The fourth-order valence-electron chi connectivity index (χ4n) is 5.47. The maximum Gasteiger partial charge on any atom is 0.325 e. The molecule has 2 heterocycles. The Kier molecular flexibility index (Phi) is 8.29. The second-order valence-electron chi connectivity index (χ2n) is 10.9. The van der Waals surface area contributed by atoms with E-state index in [1.54, 1.807) is 7.11 Å². The molecule has 0 amide bonds. The molecule has 8 nitrogen and oxygen atoms in total. The fourth-order valence-corrected chi connectivity index (χ4v) is 5.47. The molecule has 0 bridgehead atoms. The highest BCUT2D eigenvalue weighted by atomic mass is 16.6. The van der Waals surface area contributed by atoms with E-state index in [0.29, 0.717) is 19.6 Å². The van der Waals surface area contributed by atoms with E-state index in [0.717, 1.165) is 30.8 Å². The van der Waals surface area contributed by atoms with E-state index < -0.39 is 0 Å². The van der Waals surface area contributed by atoms with Gasteiger partial charge in [-0.15, -0.1) is 0 Å². The first-order chi connectivity index (χ1) is 17.2. The molecule has 3 aliphatic rings. The molecule has 1 aromatic carbocycles. The topological polar surface area (TPSA) is 85.1 Å². The van der Waals surface area contributed by atoms with Crippen molar-refractivity contribution in [2.24, 2.45) is 5.92 Å². The van der Waals surface area contributed by atoms with E-state index in [1.165, 1.54) is 5.57 Å². The third kappa shape index (κ3) is 6.22. The summed E-state index contributed by atoms with van der Waals surface area (Å²) < 4.78 is 29.9. The molecule has 2 saturated heterocycles. The maximum absolute atomic E-state index is 12.8. The predicted molar refractivity (Wildman–Crippen MR) is 138 cm³/mol. The number of benzene rings is 1. The standard InChI is InChI=1S/C28H42N2O6/c1-19(2)7-12-23-27(3,36-23)26-25(32-6)22(13-14-28(26)18-34-28)35-24(31)17-29-20-8-10-21(11-9-20)33-16-15-30(4)5/h7-11,22-23,25-26,29H,12-18H2,1-6H3. The Labute approximate surface area is 215 Å². The summed E-state index contributed by atoms with van der Waals surface area (Å²) in [6, 6.07) is 7.60. The van der Waals surface area contributed by atoms with Crippen molar-refractivity contribution in [2.45, 2.75) is 69.5 Å². The number of anilines is 1. The molecule has 8 heteroatoms. The first kappa shape index (κ1) is 26.9. The third-order valence-corrected chi connectivity index (χ3v) is 7.62. The molecule has 1 saturated carbocycles. The van der Waals surface area contributed by atoms with Gasteiger partial charge < -0.3 is 33.9 Å². The van der Waals surface area contributed by atoms with Crippen molar-refractivity contribution >= 4 is 11.7 Å². The van der Waals surface area contributed by atoms with Gasteiger partial charge in [-0.2, -0.15) is 0 Å². The van der Waals surface area contributed by atoms with Gasteiger partial charge in [0.2, 0.25) is 0 Å². The average molecular weight is 503 g/mol. The summed E-state index contributed by atoms with van der Waals surface area (Å²) in [5.74, 6) is 0.518.